The average Bonchev–Trinajstić information content (AvgIpc) is 2.36. The lowest BCUT2D eigenvalue weighted by Gasteiger charge is -2.47. The lowest BCUT2D eigenvalue weighted by molar-refractivity contribution is -0.143. The van der Waals surface area contributed by atoms with Gasteiger partial charge in [0.25, 0.3) is 0 Å². The lowest BCUT2D eigenvalue weighted by Crippen LogP contribution is -2.58. The van der Waals surface area contributed by atoms with Crippen molar-refractivity contribution in [3.8, 4) is 0 Å². The number of rotatable bonds is 3. The quantitative estimate of drug-likeness (QED) is 0.834. The van der Waals surface area contributed by atoms with E-state index in [1.807, 2.05) is 0 Å². The molecule has 5 nitrogen and oxygen atoms in total. The van der Waals surface area contributed by atoms with E-state index < -0.39 is 9.84 Å². The number of ether oxygens (including phenoxy) is 1. The maximum absolute atomic E-state index is 11.8. The lowest BCUT2D eigenvalue weighted by atomic mass is 9.91. The summed E-state index contributed by atoms with van der Waals surface area (Å²) in [4.78, 5) is 2.40. The minimum absolute atomic E-state index is 0.0531. The largest absolute Gasteiger partial charge is 0.368 e. The molecule has 1 aliphatic heterocycles. The third kappa shape index (κ3) is 3.93. The highest BCUT2D eigenvalue weighted by atomic mass is 32.2. The second kappa shape index (κ2) is 5.91. The Hall–Kier alpha value is -0.170. The van der Waals surface area contributed by atoms with Crippen LogP contribution in [0.3, 0.4) is 0 Å². The van der Waals surface area contributed by atoms with Crippen LogP contribution >= 0.6 is 0 Å². The van der Waals surface area contributed by atoms with Crippen molar-refractivity contribution < 1.29 is 13.2 Å². The maximum atomic E-state index is 11.8. The zero-order chi connectivity index (χ0) is 15.0. The number of morpholine rings is 1. The molecule has 0 amide bonds. The summed E-state index contributed by atoms with van der Waals surface area (Å²) in [6.45, 7) is 6.35. The van der Waals surface area contributed by atoms with Gasteiger partial charge in [-0.2, -0.15) is 0 Å². The first-order valence-electron chi connectivity index (χ1n) is 7.52. The van der Waals surface area contributed by atoms with Gasteiger partial charge in [-0.15, -0.1) is 0 Å². The predicted octanol–water partition coefficient (Wildman–Crippen LogP) is 0.780. The van der Waals surface area contributed by atoms with Crippen molar-refractivity contribution in [1.82, 2.24) is 4.90 Å². The van der Waals surface area contributed by atoms with Crippen molar-refractivity contribution in [2.24, 2.45) is 5.73 Å². The van der Waals surface area contributed by atoms with Crippen molar-refractivity contribution >= 4 is 9.84 Å². The molecule has 1 heterocycles. The fourth-order valence-corrected chi connectivity index (χ4v) is 4.75. The molecule has 2 fully saturated rings. The highest BCUT2D eigenvalue weighted by Gasteiger charge is 2.38. The molecule has 6 heteroatoms. The van der Waals surface area contributed by atoms with E-state index in [2.05, 4.69) is 18.7 Å². The van der Waals surface area contributed by atoms with E-state index in [4.69, 9.17) is 10.5 Å². The highest BCUT2D eigenvalue weighted by Crippen LogP contribution is 2.31. The van der Waals surface area contributed by atoms with Gasteiger partial charge in [-0.3, -0.25) is 4.90 Å². The number of hydrogen-bond acceptors (Lipinski definition) is 5. The first-order valence-corrected chi connectivity index (χ1v) is 9.47. The molecular formula is C14H28N2O3S. The molecule has 0 bridgehead atoms. The van der Waals surface area contributed by atoms with E-state index in [-0.39, 0.29) is 17.0 Å². The van der Waals surface area contributed by atoms with Crippen LogP contribution in [-0.4, -0.2) is 62.2 Å². The normalized spacial score (nSPS) is 35.9. The second-order valence-corrected chi connectivity index (χ2v) is 9.26. The van der Waals surface area contributed by atoms with Crippen LogP contribution in [0, 0.1) is 0 Å². The summed E-state index contributed by atoms with van der Waals surface area (Å²) < 4.78 is 29.6. The van der Waals surface area contributed by atoms with Crippen LogP contribution in [0.5, 0.6) is 0 Å². The van der Waals surface area contributed by atoms with Gasteiger partial charge in [0.15, 0.2) is 0 Å². The highest BCUT2D eigenvalue weighted by molar-refractivity contribution is 7.91. The van der Waals surface area contributed by atoms with Gasteiger partial charge >= 0.3 is 0 Å². The van der Waals surface area contributed by atoms with E-state index >= 15 is 0 Å². The zero-order valence-corrected chi connectivity index (χ0v) is 13.7. The molecule has 2 aliphatic rings. The fourth-order valence-electron chi connectivity index (χ4n) is 3.58. The molecule has 0 aromatic heterocycles. The Balaban J connectivity index is 2.06. The van der Waals surface area contributed by atoms with Crippen LogP contribution in [0.25, 0.3) is 0 Å². The Bertz CT molecular complexity index is 436. The molecule has 3 unspecified atom stereocenters. The van der Waals surface area contributed by atoms with Gasteiger partial charge in [-0.1, -0.05) is 6.42 Å². The van der Waals surface area contributed by atoms with Crippen LogP contribution in [0.1, 0.15) is 39.5 Å². The van der Waals surface area contributed by atoms with Crippen LogP contribution < -0.4 is 5.73 Å². The van der Waals surface area contributed by atoms with Crippen molar-refractivity contribution in [1.29, 1.82) is 0 Å². The van der Waals surface area contributed by atoms with E-state index in [1.165, 1.54) is 6.26 Å². The minimum atomic E-state index is -2.93. The molecule has 1 aliphatic carbocycles. The third-order valence-electron chi connectivity index (χ3n) is 4.49. The van der Waals surface area contributed by atoms with Gasteiger partial charge in [0.2, 0.25) is 0 Å². The van der Waals surface area contributed by atoms with Crippen LogP contribution in [0.4, 0.5) is 0 Å². The smallest absolute Gasteiger partial charge is 0.150 e. The molecule has 0 spiro atoms. The van der Waals surface area contributed by atoms with Gasteiger partial charge in [0.05, 0.1) is 17.0 Å². The molecule has 0 aromatic rings. The fraction of sp³-hybridized carbons (Fsp3) is 1.00. The summed E-state index contributed by atoms with van der Waals surface area (Å²) in [5.74, 6) is 0. The topological polar surface area (TPSA) is 72.6 Å². The third-order valence-corrected chi connectivity index (χ3v) is 6.13. The van der Waals surface area contributed by atoms with Crippen LogP contribution in [0.2, 0.25) is 0 Å². The van der Waals surface area contributed by atoms with E-state index in [9.17, 15) is 8.42 Å². The summed E-state index contributed by atoms with van der Waals surface area (Å²) in [5, 5.41) is -0.177. The van der Waals surface area contributed by atoms with E-state index in [0.29, 0.717) is 12.6 Å². The SMILES string of the molecule is CC1(C)CN(C2CCCC(S(C)(=O)=O)C2)CC(CN)O1. The molecule has 0 radical (unpaired) electrons. The Kier molecular flexibility index (Phi) is 4.79. The van der Waals surface area contributed by atoms with Gasteiger partial charge in [0.1, 0.15) is 9.84 Å². The first-order chi connectivity index (χ1) is 9.21. The van der Waals surface area contributed by atoms with E-state index in [1.54, 1.807) is 0 Å². The Morgan fingerprint density at radius 1 is 1.35 bits per heavy atom. The Morgan fingerprint density at radius 2 is 2.05 bits per heavy atom. The molecule has 118 valence electrons. The van der Waals surface area contributed by atoms with Crippen molar-refractivity contribution in [2.45, 2.75) is 62.5 Å². The van der Waals surface area contributed by atoms with Gasteiger partial charge in [-0.05, 0) is 33.1 Å². The van der Waals surface area contributed by atoms with Crippen LogP contribution in [-0.2, 0) is 14.6 Å². The molecular weight excluding hydrogens is 276 g/mol. The van der Waals surface area contributed by atoms with Gasteiger partial charge < -0.3 is 10.5 Å². The summed E-state index contributed by atoms with van der Waals surface area (Å²) >= 11 is 0. The minimum Gasteiger partial charge on any atom is -0.368 e. The monoisotopic (exact) mass is 304 g/mol. The molecule has 0 aromatic carbocycles. The van der Waals surface area contributed by atoms with Crippen molar-refractivity contribution in [2.75, 3.05) is 25.9 Å². The number of sulfone groups is 1. The number of hydrogen-bond donors (Lipinski definition) is 1. The summed E-state index contributed by atoms with van der Waals surface area (Å²) in [6.07, 6.45) is 5.06. The molecule has 2 N–H and O–H groups in total. The van der Waals surface area contributed by atoms with Crippen LogP contribution in [0.15, 0.2) is 0 Å². The van der Waals surface area contributed by atoms with Crippen molar-refractivity contribution in [3.63, 3.8) is 0 Å². The van der Waals surface area contributed by atoms with Gasteiger partial charge in [-0.25, -0.2) is 8.42 Å². The van der Waals surface area contributed by atoms with E-state index in [0.717, 1.165) is 38.8 Å². The average molecular weight is 304 g/mol. The number of nitrogens with zero attached hydrogens (tertiary/aromatic N) is 1. The van der Waals surface area contributed by atoms with Crippen molar-refractivity contribution in [3.05, 3.63) is 0 Å². The molecule has 1 saturated heterocycles. The summed E-state index contributed by atoms with van der Waals surface area (Å²) in [6, 6.07) is 0.348. The maximum Gasteiger partial charge on any atom is 0.150 e. The standard InChI is InChI=1S/C14H28N2O3S/c1-14(2)10-16(9-12(8-15)19-14)11-5-4-6-13(7-11)20(3,17)18/h11-13H,4-10,15H2,1-3H3. The molecule has 3 atom stereocenters. The zero-order valence-electron chi connectivity index (χ0n) is 12.8. The Labute approximate surface area is 122 Å². The Morgan fingerprint density at radius 3 is 2.65 bits per heavy atom. The number of nitrogens with two attached hydrogens (primary N) is 1. The summed E-state index contributed by atoms with van der Waals surface area (Å²) in [7, 11) is -2.93. The molecule has 20 heavy (non-hydrogen) atoms. The molecule has 2 rings (SSSR count). The second-order valence-electron chi connectivity index (χ2n) is 6.94. The predicted molar refractivity (Wildman–Crippen MR) is 80.5 cm³/mol. The molecule has 1 saturated carbocycles. The summed E-state index contributed by atoms with van der Waals surface area (Å²) in [5.41, 5.74) is 5.56. The first kappa shape index (κ1) is 16.2. The van der Waals surface area contributed by atoms with Gasteiger partial charge in [0, 0.05) is 31.9 Å².